The van der Waals surface area contributed by atoms with Crippen molar-refractivity contribution < 1.29 is 4.74 Å². The Bertz CT molecular complexity index is 231. The Morgan fingerprint density at radius 1 is 1.53 bits per heavy atom. The fourth-order valence-electron chi connectivity index (χ4n) is 2.74. The van der Waals surface area contributed by atoms with Crippen molar-refractivity contribution in [2.45, 2.75) is 59.5 Å². The third kappa shape index (κ3) is 2.84. The summed E-state index contributed by atoms with van der Waals surface area (Å²) in [5.41, 5.74) is 1.87. The van der Waals surface area contributed by atoms with E-state index in [1.54, 1.807) is 5.57 Å². The second-order valence-electron chi connectivity index (χ2n) is 5.22. The lowest BCUT2D eigenvalue weighted by Crippen LogP contribution is -2.34. The Kier molecular flexibility index (Phi) is 4.39. The van der Waals surface area contributed by atoms with Crippen molar-refractivity contribution in [3.05, 3.63) is 11.6 Å². The molecule has 0 amide bonds. The molecule has 3 unspecified atom stereocenters. The van der Waals surface area contributed by atoms with Crippen LogP contribution < -0.4 is 0 Å². The highest BCUT2D eigenvalue weighted by atomic mass is 16.5. The summed E-state index contributed by atoms with van der Waals surface area (Å²) in [7, 11) is 1.82. The summed E-state index contributed by atoms with van der Waals surface area (Å²) in [6, 6.07) is 0. The lowest BCUT2D eigenvalue weighted by Gasteiger charge is -2.40. The molecule has 0 aliphatic heterocycles. The van der Waals surface area contributed by atoms with Crippen molar-refractivity contribution in [2.75, 3.05) is 7.11 Å². The molecule has 0 radical (unpaired) electrons. The van der Waals surface area contributed by atoms with E-state index in [2.05, 4.69) is 33.8 Å². The first-order valence-electron chi connectivity index (χ1n) is 6.29. The minimum absolute atomic E-state index is 0.249. The minimum atomic E-state index is 0.249. The second-order valence-corrected chi connectivity index (χ2v) is 5.22. The highest BCUT2D eigenvalue weighted by molar-refractivity contribution is 5.15. The van der Waals surface area contributed by atoms with Crippen LogP contribution in [0.25, 0.3) is 0 Å². The zero-order valence-electron chi connectivity index (χ0n) is 11.0. The number of ether oxygens (including phenoxy) is 1. The Hall–Kier alpha value is -0.300. The van der Waals surface area contributed by atoms with Gasteiger partial charge in [0.1, 0.15) is 0 Å². The van der Waals surface area contributed by atoms with Crippen molar-refractivity contribution in [3.63, 3.8) is 0 Å². The molecule has 0 fully saturated rings. The van der Waals surface area contributed by atoms with Gasteiger partial charge in [0.15, 0.2) is 0 Å². The predicted octanol–water partition coefficient (Wildman–Crippen LogP) is 4.18. The summed E-state index contributed by atoms with van der Waals surface area (Å²) in [5.74, 6) is 0.854. The van der Waals surface area contributed by atoms with E-state index in [9.17, 15) is 0 Å². The summed E-state index contributed by atoms with van der Waals surface area (Å²) < 4.78 is 5.53. The number of hydrogen-bond donors (Lipinski definition) is 0. The van der Waals surface area contributed by atoms with Crippen LogP contribution in [0.3, 0.4) is 0 Å². The van der Waals surface area contributed by atoms with Crippen molar-refractivity contribution in [3.8, 4) is 0 Å². The van der Waals surface area contributed by atoms with Gasteiger partial charge >= 0.3 is 0 Å². The van der Waals surface area contributed by atoms with Gasteiger partial charge in [-0.05, 0) is 32.1 Å². The summed E-state index contributed by atoms with van der Waals surface area (Å²) in [6.45, 7) is 9.11. The van der Waals surface area contributed by atoms with Gasteiger partial charge in [0.2, 0.25) is 0 Å². The lowest BCUT2D eigenvalue weighted by atomic mass is 9.69. The molecule has 1 heteroatoms. The first kappa shape index (κ1) is 12.8. The molecule has 1 rings (SSSR count). The first-order chi connectivity index (χ1) is 7.05. The van der Waals surface area contributed by atoms with E-state index in [0.29, 0.717) is 6.10 Å². The zero-order valence-corrected chi connectivity index (χ0v) is 11.0. The smallest absolute Gasteiger partial charge is 0.0631 e. The van der Waals surface area contributed by atoms with Gasteiger partial charge in [-0.1, -0.05) is 38.8 Å². The molecule has 0 aromatic carbocycles. The number of hydrogen-bond acceptors (Lipinski definition) is 1. The van der Waals surface area contributed by atoms with Crippen LogP contribution in [-0.2, 0) is 4.74 Å². The molecular weight excluding hydrogens is 184 g/mol. The average Bonchev–Trinajstić information content (AvgIpc) is 2.26. The van der Waals surface area contributed by atoms with Crippen LogP contribution in [0.2, 0.25) is 0 Å². The maximum Gasteiger partial charge on any atom is 0.0631 e. The van der Waals surface area contributed by atoms with E-state index in [4.69, 9.17) is 4.74 Å². The maximum atomic E-state index is 5.53. The Labute approximate surface area is 94.9 Å². The SMILES string of the molecule is CCC1=CC(C)(C(C)OC)CC(CC)C1. The quantitative estimate of drug-likeness (QED) is 0.632. The molecule has 0 heterocycles. The molecule has 0 N–H and O–H groups in total. The van der Waals surface area contributed by atoms with Crippen LogP contribution in [0.5, 0.6) is 0 Å². The fraction of sp³-hybridized carbons (Fsp3) is 0.857. The third-order valence-electron chi connectivity index (χ3n) is 4.13. The molecule has 15 heavy (non-hydrogen) atoms. The van der Waals surface area contributed by atoms with Crippen LogP contribution in [-0.4, -0.2) is 13.2 Å². The van der Waals surface area contributed by atoms with E-state index in [0.717, 1.165) is 5.92 Å². The standard InChI is InChI=1S/C14H26O/c1-6-12-8-13(7-2)10-14(4,9-12)11(3)15-5/h9,11,13H,6-8,10H2,1-5H3. The molecule has 0 aromatic heterocycles. The van der Waals surface area contributed by atoms with Crippen molar-refractivity contribution in [2.24, 2.45) is 11.3 Å². The van der Waals surface area contributed by atoms with Crippen molar-refractivity contribution in [1.29, 1.82) is 0 Å². The lowest BCUT2D eigenvalue weighted by molar-refractivity contribution is 0.0189. The van der Waals surface area contributed by atoms with E-state index in [1.165, 1.54) is 25.7 Å². The Morgan fingerprint density at radius 2 is 2.20 bits per heavy atom. The molecule has 1 aliphatic rings. The van der Waals surface area contributed by atoms with E-state index in [1.807, 2.05) is 7.11 Å². The minimum Gasteiger partial charge on any atom is -0.381 e. The van der Waals surface area contributed by atoms with Gasteiger partial charge in [-0.3, -0.25) is 0 Å². The predicted molar refractivity (Wildman–Crippen MR) is 66.0 cm³/mol. The van der Waals surface area contributed by atoms with Gasteiger partial charge in [-0.15, -0.1) is 0 Å². The summed E-state index contributed by atoms with van der Waals surface area (Å²) in [5, 5.41) is 0. The van der Waals surface area contributed by atoms with Crippen LogP contribution in [0.15, 0.2) is 11.6 Å². The van der Waals surface area contributed by atoms with Crippen LogP contribution in [0, 0.1) is 11.3 Å². The van der Waals surface area contributed by atoms with Gasteiger partial charge < -0.3 is 4.74 Å². The molecule has 0 bridgehead atoms. The largest absolute Gasteiger partial charge is 0.381 e. The second kappa shape index (κ2) is 5.16. The van der Waals surface area contributed by atoms with Gasteiger partial charge in [-0.2, -0.15) is 0 Å². The molecule has 0 saturated heterocycles. The molecule has 0 saturated carbocycles. The highest BCUT2D eigenvalue weighted by Gasteiger charge is 2.35. The van der Waals surface area contributed by atoms with Crippen molar-refractivity contribution >= 4 is 0 Å². The molecule has 3 atom stereocenters. The molecule has 88 valence electrons. The monoisotopic (exact) mass is 210 g/mol. The number of rotatable bonds is 4. The summed E-state index contributed by atoms with van der Waals surface area (Å²) in [4.78, 5) is 0. The number of allylic oxidation sites excluding steroid dienone is 1. The number of methoxy groups -OCH3 is 1. The molecule has 0 spiro atoms. The normalized spacial score (nSPS) is 33.7. The van der Waals surface area contributed by atoms with Crippen molar-refractivity contribution in [1.82, 2.24) is 0 Å². The van der Waals surface area contributed by atoms with E-state index in [-0.39, 0.29) is 5.41 Å². The average molecular weight is 210 g/mol. The van der Waals surface area contributed by atoms with Gasteiger partial charge in [-0.25, -0.2) is 0 Å². The Balaban J connectivity index is 2.87. The van der Waals surface area contributed by atoms with Crippen LogP contribution in [0.4, 0.5) is 0 Å². The van der Waals surface area contributed by atoms with E-state index >= 15 is 0 Å². The molecule has 0 aromatic rings. The summed E-state index contributed by atoms with van der Waals surface area (Å²) >= 11 is 0. The van der Waals surface area contributed by atoms with E-state index < -0.39 is 0 Å². The van der Waals surface area contributed by atoms with Crippen LogP contribution in [0.1, 0.15) is 53.4 Å². The molecule has 1 nitrogen and oxygen atoms in total. The first-order valence-corrected chi connectivity index (χ1v) is 6.29. The van der Waals surface area contributed by atoms with Crippen LogP contribution >= 0.6 is 0 Å². The van der Waals surface area contributed by atoms with Gasteiger partial charge in [0.25, 0.3) is 0 Å². The Morgan fingerprint density at radius 3 is 2.67 bits per heavy atom. The topological polar surface area (TPSA) is 9.23 Å². The molecule has 1 aliphatic carbocycles. The summed E-state index contributed by atoms with van der Waals surface area (Å²) in [6.07, 6.45) is 7.88. The van der Waals surface area contributed by atoms with Gasteiger partial charge in [0.05, 0.1) is 6.10 Å². The van der Waals surface area contributed by atoms with Gasteiger partial charge in [0, 0.05) is 12.5 Å². The third-order valence-corrected chi connectivity index (χ3v) is 4.13. The zero-order chi connectivity index (χ0) is 11.5. The highest BCUT2D eigenvalue weighted by Crippen LogP contribution is 2.42. The maximum absolute atomic E-state index is 5.53. The molecular formula is C14H26O. The fourth-order valence-corrected chi connectivity index (χ4v) is 2.74.